The van der Waals surface area contributed by atoms with Gasteiger partial charge >= 0.3 is 0 Å². The standard InChI is InChI=1S/C11H11N3S/c1-8(6-12)7-15-11-13-9-4-2-3-5-10(9)14-11/h2-5,8H,7H2,1H3,(H,13,14). The Morgan fingerprint density at radius 1 is 1.53 bits per heavy atom. The molecule has 0 amide bonds. The fraction of sp³-hybridized carbons (Fsp3) is 0.273. The minimum Gasteiger partial charge on any atom is -0.333 e. The first kappa shape index (κ1) is 10.1. The molecule has 0 fully saturated rings. The van der Waals surface area contributed by atoms with Crippen LogP contribution in [0.15, 0.2) is 29.4 Å². The molecule has 1 unspecified atom stereocenters. The number of nitriles is 1. The van der Waals surface area contributed by atoms with Crippen molar-refractivity contribution in [1.82, 2.24) is 9.97 Å². The second kappa shape index (κ2) is 4.37. The summed E-state index contributed by atoms with van der Waals surface area (Å²) in [5.41, 5.74) is 2.02. The van der Waals surface area contributed by atoms with Crippen molar-refractivity contribution in [2.45, 2.75) is 12.1 Å². The van der Waals surface area contributed by atoms with Crippen molar-refractivity contribution in [2.24, 2.45) is 5.92 Å². The molecular formula is C11H11N3S. The van der Waals surface area contributed by atoms with Gasteiger partial charge in [-0.3, -0.25) is 0 Å². The van der Waals surface area contributed by atoms with E-state index in [2.05, 4.69) is 16.0 Å². The molecule has 0 saturated heterocycles. The van der Waals surface area contributed by atoms with Crippen molar-refractivity contribution in [3.05, 3.63) is 24.3 Å². The predicted octanol–water partition coefficient (Wildman–Crippen LogP) is 2.81. The van der Waals surface area contributed by atoms with Crippen LogP contribution in [0.3, 0.4) is 0 Å². The number of hydrogen-bond acceptors (Lipinski definition) is 3. The van der Waals surface area contributed by atoms with Crippen LogP contribution in [0.4, 0.5) is 0 Å². The lowest BCUT2D eigenvalue weighted by Gasteiger charge is -1.97. The molecule has 15 heavy (non-hydrogen) atoms. The zero-order valence-corrected chi connectivity index (χ0v) is 9.21. The average molecular weight is 217 g/mol. The molecule has 1 heterocycles. The first-order valence-corrected chi connectivity index (χ1v) is 5.75. The number of fused-ring (bicyclic) bond motifs is 1. The summed E-state index contributed by atoms with van der Waals surface area (Å²) < 4.78 is 0. The maximum Gasteiger partial charge on any atom is 0.166 e. The van der Waals surface area contributed by atoms with Gasteiger partial charge in [0, 0.05) is 5.75 Å². The van der Waals surface area contributed by atoms with Crippen LogP contribution < -0.4 is 0 Å². The minimum absolute atomic E-state index is 0.0585. The molecule has 0 aliphatic heterocycles. The lowest BCUT2D eigenvalue weighted by molar-refractivity contribution is 0.860. The monoisotopic (exact) mass is 217 g/mol. The van der Waals surface area contributed by atoms with Crippen LogP contribution in [0.25, 0.3) is 11.0 Å². The largest absolute Gasteiger partial charge is 0.333 e. The van der Waals surface area contributed by atoms with Crippen LogP contribution in [-0.2, 0) is 0 Å². The number of benzene rings is 1. The summed E-state index contributed by atoms with van der Waals surface area (Å²) in [5.74, 6) is 0.833. The number of para-hydroxylation sites is 2. The lowest BCUT2D eigenvalue weighted by atomic mass is 10.3. The SMILES string of the molecule is CC(C#N)CSc1nc2ccccc2[nH]1. The van der Waals surface area contributed by atoms with E-state index in [0.29, 0.717) is 0 Å². The zero-order chi connectivity index (χ0) is 10.7. The number of aromatic nitrogens is 2. The quantitative estimate of drug-likeness (QED) is 0.804. The van der Waals surface area contributed by atoms with E-state index in [4.69, 9.17) is 5.26 Å². The van der Waals surface area contributed by atoms with E-state index in [9.17, 15) is 0 Å². The van der Waals surface area contributed by atoms with Crippen molar-refractivity contribution >= 4 is 22.8 Å². The molecule has 76 valence electrons. The Labute approximate surface area is 92.5 Å². The van der Waals surface area contributed by atoms with Crippen LogP contribution in [0.5, 0.6) is 0 Å². The van der Waals surface area contributed by atoms with Gasteiger partial charge < -0.3 is 4.98 Å². The van der Waals surface area contributed by atoms with Gasteiger partial charge in [0.2, 0.25) is 0 Å². The highest BCUT2D eigenvalue weighted by Crippen LogP contribution is 2.20. The summed E-state index contributed by atoms with van der Waals surface area (Å²) in [6, 6.07) is 10.1. The number of nitrogens with zero attached hydrogens (tertiary/aromatic N) is 2. The first-order chi connectivity index (χ1) is 7.29. The van der Waals surface area contributed by atoms with Crippen LogP contribution in [0, 0.1) is 17.2 Å². The van der Waals surface area contributed by atoms with Gasteiger partial charge in [-0.1, -0.05) is 23.9 Å². The van der Waals surface area contributed by atoms with E-state index in [1.165, 1.54) is 0 Å². The maximum atomic E-state index is 8.66. The van der Waals surface area contributed by atoms with E-state index in [-0.39, 0.29) is 5.92 Å². The van der Waals surface area contributed by atoms with Crippen LogP contribution in [0.2, 0.25) is 0 Å². The summed E-state index contributed by atoms with van der Waals surface area (Å²) in [5, 5.41) is 9.55. The highest BCUT2D eigenvalue weighted by Gasteiger charge is 2.05. The third-order valence-corrected chi connectivity index (χ3v) is 3.19. The highest BCUT2D eigenvalue weighted by molar-refractivity contribution is 7.99. The van der Waals surface area contributed by atoms with Gasteiger partial charge in [-0.25, -0.2) is 4.98 Å². The van der Waals surface area contributed by atoms with E-state index >= 15 is 0 Å². The Bertz CT molecular complexity index is 465. The smallest absolute Gasteiger partial charge is 0.166 e. The normalized spacial score (nSPS) is 12.5. The van der Waals surface area contributed by atoms with E-state index in [1.54, 1.807) is 11.8 Å². The molecule has 1 aromatic heterocycles. The molecule has 1 atom stereocenters. The molecule has 1 aromatic carbocycles. The number of imidazole rings is 1. The van der Waals surface area contributed by atoms with E-state index in [0.717, 1.165) is 21.9 Å². The molecule has 0 aliphatic rings. The van der Waals surface area contributed by atoms with Crippen LogP contribution >= 0.6 is 11.8 Å². The van der Waals surface area contributed by atoms with Gasteiger partial charge in [0.25, 0.3) is 0 Å². The summed E-state index contributed by atoms with van der Waals surface area (Å²) >= 11 is 1.59. The molecule has 1 N–H and O–H groups in total. The Kier molecular flexibility index (Phi) is 2.93. The molecule has 0 radical (unpaired) electrons. The summed E-state index contributed by atoms with van der Waals surface area (Å²) in [6.45, 7) is 1.91. The van der Waals surface area contributed by atoms with Crippen molar-refractivity contribution in [2.75, 3.05) is 5.75 Å². The van der Waals surface area contributed by atoms with Gasteiger partial charge in [-0.2, -0.15) is 5.26 Å². The number of rotatable bonds is 3. The molecule has 2 aromatic rings. The maximum absolute atomic E-state index is 8.66. The molecule has 4 heteroatoms. The highest BCUT2D eigenvalue weighted by atomic mass is 32.2. The third-order valence-electron chi connectivity index (χ3n) is 2.06. The fourth-order valence-corrected chi connectivity index (χ4v) is 2.07. The van der Waals surface area contributed by atoms with Crippen molar-refractivity contribution < 1.29 is 0 Å². The number of H-pyrrole nitrogens is 1. The molecule has 0 bridgehead atoms. The van der Waals surface area contributed by atoms with Gasteiger partial charge in [0.05, 0.1) is 23.0 Å². The summed E-state index contributed by atoms with van der Waals surface area (Å²) in [7, 11) is 0. The Morgan fingerprint density at radius 3 is 3.07 bits per heavy atom. The first-order valence-electron chi connectivity index (χ1n) is 4.77. The molecule has 0 aliphatic carbocycles. The van der Waals surface area contributed by atoms with E-state index < -0.39 is 0 Å². The second-order valence-electron chi connectivity index (χ2n) is 3.40. The molecule has 0 spiro atoms. The fourth-order valence-electron chi connectivity index (χ4n) is 1.24. The molecular weight excluding hydrogens is 206 g/mol. The van der Waals surface area contributed by atoms with Gasteiger partial charge in [0.1, 0.15) is 0 Å². The van der Waals surface area contributed by atoms with Crippen LogP contribution in [-0.4, -0.2) is 15.7 Å². The third kappa shape index (κ3) is 2.31. The van der Waals surface area contributed by atoms with Crippen LogP contribution in [0.1, 0.15) is 6.92 Å². The van der Waals surface area contributed by atoms with Gasteiger partial charge in [-0.15, -0.1) is 0 Å². The van der Waals surface area contributed by atoms with Crippen molar-refractivity contribution in [3.63, 3.8) is 0 Å². The number of aromatic amines is 1. The Balaban J connectivity index is 2.13. The lowest BCUT2D eigenvalue weighted by Crippen LogP contribution is -1.93. The Hall–Kier alpha value is -1.47. The predicted molar refractivity (Wildman–Crippen MR) is 61.6 cm³/mol. The van der Waals surface area contributed by atoms with E-state index in [1.807, 2.05) is 31.2 Å². The number of nitrogens with one attached hydrogen (secondary N) is 1. The van der Waals surface area contributed by atoms with Gasteiger partial charge in [0.15, 0.2) is 5.16 Å². The molecule has 2 rings (SSSR count). The minimum atomic E-state index is 0.0585. The molecule has 3 nitrogen and oxygen atoms in total. The summed E-state index contributed by atoms with van der Waals surface area (Å²) in [6.07, 6.45) is 0. The topological polar surface area (TPSA) is 52.5 Å². The second-order valence-corrected chi connectivity index (χ2v) is 4.41. The van der Waals surface area contributed by atoms with Gasteiger partial charge in [-0.05, 0) is 19.1 Å². The Morgan fingerprint density at radius 2 is 2.33 bits per heavy atom. The zero-order valence-electron chi connectivity index (χ0n) is 8.40. The van der Waals surface area contributed by atoms with Crippen molar-refractivity contribution in [1.29, 1.82) is 5.26 Å². The summed E-state index contributed by atoms with van der Waals surface area (Å²) in [4.78, 5) is 7.63. The average Bonchev–Trinajstić information content (AvgIpc) is 2.68. The number of hydrogen-bond donors (Lipinski definition) is 1. The molecule has 0 saturated carbocycles. The number of thioether (sulfide) groups is 1. The van der Waals surface area contributed by atoms with Crippen molar-refractivity contribution in [3.8, 4) is 6.07 Å².